The van der Waals surface area contributed by atoms with Gasteiger partial charge in [0.15, 0.2) is 0 Å². The summed E-state index contributed by atoms with van der Waals surface area (Å²) in [7, 11) is 2.13. The molecule has 0 saturated carbocycles. The number of halogens is 1. The van der Waals surface area contributed by atoms with Gasteiger partial charge in [0.25, 0.3) is 0 Å². The van der Waals surface area contributed by atoms with Gasteiger partial charge < -0.3 is 10.2 Å². The maximum atomic E-state index is 3.70. The molecule has 0 radical (unpaired) electrons. The molecule has 1 unspecified atom stereocenters. The lowest BCUT2D eigenvalue weighted by Crippen LogP contribution is -2.19. The molecule has 108 valence electrons. The van der Waals surface area contributed by atoms with Crippen LogP contribution in [0, 0.1) is 0 Å². The number of nitrogens with one attached hydrogen (secondary N) is 1. The van der Waals surface area contributed by atoms with Gasteiger partial charge in [-0.2, -0.15) is 11.3 Å². The molecule has 0 aliphatic carbocycles. The van der Waals surface area contributed by atoms with E-state index < -0.39 is 0 Å². The number of hydrogen-bond acceptors (Lipinski definition) is 3. The Morgan fingerprint density at radius 1 is 1.35 bits per heavy atom. The number of rotatable bonds is 6. The Kier molecular flexibility index (Phi) is 5.64. The lowest BCUT2D eigenvalue weighted by Gasteiger charge is -2.21. The van der Waals surface area contributed by atoms with Crippen LogP contribution in [0.25, 0.3) is 0 Å². The summed E-state index contributed by atoms with van der Waals surface area (Å²) in [5, 5.41) is 7.77. The number of anilines is 1. The van der Waals surface area contributed by atoms with Gasteiger partial charge in [-0.25, -0.2) is 0 Å². The summed E-state index contributed by atoms with van der Waals surface area (Å²) in [5.41, 5.74) is 3.90. The van der Waals surface area contributed by atoms with Crippen LogP contribution in [0.2, 0.25) is 0 Å². The first-order valence-corrected chi connectivity index (χ1v) is 8.60. The standard InChI is InChI=1S/C16H21BrN2S/c1-4-18-12(2)15-6-5-14(9-16(15)17)19(3)10-13-7-8-20-11-13/h5-9,11-12,18H,4,10H2,1-3H3. The monoisotopic (exact) mass is 352 g/mol. The van der Waals surface area contributed by atoms with Crippen molar-refractivity contribution in [2.24, 2.45) is 0 Å². The highest BCUT2D eigenvalue weighted by molar-refractivity contribution is 9.10. The summed E-state index contributed by atoms with van der Waals surface area (Å²) in [6.07, 6.45) is 0. The SMILES string of the molecule is CCNC(C)c1ccc(N(C)Cc2ccsc2)cc1Br. The van der Waals surface area contributed by atoms with Crippen molar-refractivity contribution >= 4 is 33.0 Å². The summed E-state index contributed by atoms with van der Waals surface area (Å²) in [5.74, 6) is 0. The molecule has 0 fully saturated rings. The molecular formula is C16H21BrN2S. The molecular weight excluding hydrogens is 332 g/mol. The van der Waals surface area contributed by atoms with E-state index in [9.17, 15) is 0 Å². The van der Waals surface area contributed by atoms with Gasteiger partial charge in [-0.1, -0.05) is 28.9 Å². The van der Waals surface area contributed by atoms with Gasteiger partial charge in [0.1, 0.15) is 0 Å². The zero-order valence-electron chi connectivity index (χ0n) is 12.2. The van der Waals surface area contributed by atoms with Crippen molar-refractivity contribution in [3.63, 3.8) is 0 Å². The fourth-order valence-corrected chi connectivity index (χ4v) is 3.64. The molecule has 0 spiro atoms. The highest BCUT2D eigenvalue weighted by atomic mass is 79.9. The molecule has 2 rings (SSSR count). The van der Waals surface area contributed by atoms with Gasteiger partial charge in [-0.05, 0) is 53.6 Å². The highest BCUT2D eigenvalue weighted by Gasteiger charge is 2.10. The molecule has 1 aromatic heterocycles. The van der Waals surface area contributed by atoms with Crippen LogP contribution < -0.4 is 10.2 Å². The van der Waals surface area contributed by atoms with Crippen LogP contribution in [0.15, 0.2) is 39.5 Å². The summed E-state index contributed by atoms with van der Waals surface area (Å²) in [6.45, 7) is 6.25. The number of benzene rings is 1. The molecule has 0 aliphatic rings. The molecule has 2 nitrogen and oxygen atoms in total. The second-order valence-corrected chi connectivity index (χ2v) is 6.61. The lowest BCUT2D eigenvalue weighted by molar-refractivity contribution is 0.596. The zero-order chi connectivity index (χ0) is 14.5. The average molecular weight is 353 g/mol. The molecule has 20 heavy (non-hydrogen) atoms. The number of thiophene rings is 1. The molecule has 2 aromatic rings. The minimum atomic E-state index is 0.366. The quantitative estimate of drug-likeness (QED) is 0.801. The van der Waals surface area contributed by atoms with Crippen LogP contribution in [0.5, 0.6) is 0 Å². The van der Waals surface area contributed by atoms with Gasteiger partial charge >= 0.3 is 0 Å². The molecule has 1 heterocycles. The Labute approximate surface area is 133 Å². The fraction of sp³-hybridized carbons (Fsp3) is 0.375. The minimum Gasteiger partial charge on any atom is -0.370 e. The van der Waals surface area contributed by atoms with E-state index in [-0.39, 0.29) is 0 Å². The topological polar surface area (TPSA) is 15.3 Å². The average Bonchev–Trinajstić information content (AvgIpc) is 2.91. The van der Waals surface area contributed by atoms with Crippen LogP contribution in [0.1, 0.15) is 31.0 Å². The maximum Gasteiger partial charge on any atom is 0.0434 e. The van der Waals surface area contributed by atoms with Crippen molar-refractivity contribution in [2.45, 2.75) is 26.4 Å². The van der Waals surface area contributed by atoms with Crippen LogP contribution >= 0.6 is 27.3 Å². The zero-order valence-corrected chi connectivity index (χ0v) is 14.6. The molecule has 0 amide bonds. The molecule has 0 saturated heterocycles. The van der Waals surface area contributed by atoms with E-state index in [0.29, 0.717) is 6.04 Å². The van der Waals surface area contributed by atoms with Crippen LogP contribution in [0.3, 0.4) is 0 Å². The first-order chi connectivity index (χ1) is 9.61. The molecule has 4 heteroatoms. The smallest absolute Gasteiger partial charge is 0.0434 e. The predicted octanol–water partition coefficient (Wildman–Crippen LogP) is 4.82. The van der Waals surface area contributed by atoms with Gasteiger partial charge in [0, 0.05) is 29.8 Å². The van der Waals surface area contributed by atoms with Crippen molar-refractivity contribution in [3.8, 4) is 0 Å². The first kappa shape index (κ1) is 15.5. The van der Waals surface area contributed by atoms with Gasteiger partial charge in [0.05, 0.1) is 0 Å². The Balaban J connectivity index is 2.11. The van der Waals surface area contributed by atoms with E-state index in [0.717, 1.165) is 13.1 Å². The number of nitrogens with zero attached hydrogens (tertiary/aromatic N) is 1. The largest absolute Gasteiger partial charge is 0.370 e. The van der Waals surface area contributed by atoms with Crippen molar-refractivity contribution < 1.29 is 0 Å². The molecule has 1 N–H and O–H groups in total. The summed E-state index contributed by atoms with van der Waals surface area (Å²) in [4.78, 5) is 2.27. The maximum absolute atomic E-state index is 3.70. The van der Waals surface area contributed by atoms with Gasteiger partial charge in [-0.3, -0.25) is 0 Å². The molecule has 0 bridgehead atoms. The van der Waals surface area contributed by atoms with Crippen LogP contribution in [-0.2, 0) is 6.54 Å². The van der Waals surface area contributed by atoms with Gasteiger partial charge in [-0.15, -0.1) is 0 Å². The van der Waals surface area contributed by atoms with Crippen LogP contribution in [0.4, 0.5) is 5.69 Å². The van der Waals surface area contributed by atoms with E-state index in [4.69, 9.17) is 0 Å². The Morgan fingerprint density at radius 3 is 2.75 bits per heavy atom. The normalized spacial score (nSPS) is 12.4. The van der Waals surface area contributed by atoms with Crippen LogP contribution in [-0.4, -0.2) is 13.6 Å². The Bertz CT molecular complexity index is 539. The third kappa shape index (κ3) is 3.84. The van der Waals surface area contributed by atoms with E-state index in [1.165, 1.54) is 21.3 Å². The first-order valence-electron chi connectivity index (χ1n) is 6.87. The lowest BCUT2D eigenvalue weighted by atomic mass is 10.1. The minimum absolute atomic E-state index is 0.366. The van der Waals surface area contributed by atoms with E-state index in [2.05, 4.69) is 82.1 Å². The van der Waals surface area contributed by atoms with Crippen molar-refractivity contribution in [1.29, 1.82) is 0 Å². The van der Waals surface area contributed by atoms with Crippen molar-refractivity contribution in [2.75, 3.05) is 18.5 Å². The van der Waals surface area contributed by atoms with E-state index in [1.807, 2.05) is 0 Å². The summed E-state index contributed by atoms with van der Waals surface area (Å²) in [6, 6.07) is 9.15. The van der Waals surface area contributed by atoms with Crippen molar-refractivity contribution in [1.82, 2.24) is 5.32 Å². The third-order valence-electron chi connectivity index (χ3n) is 3.40. The second-order valence-electron chi connectivity index (χ2n) is 4.97. The second kappa shape index (κ2) is 7.25. The number of hydrogen-bond donors (Lipinski definition) is 1. The Morgan fingerprint density at radius 2 is 2.15 bits per heavy atom. The predicted molar refractivity (Wildman–Crippen MR) is 92.7 cm³/mol. The van der Waals surface area contributed by atoms with Crippen molar-refractivity contribution in [3.05, 3.63) is 50.6 Å². The summed E-state index contributed by atoms with van der Waals surface area (Å²) >= 11 is 5.45. The molecule has 1 atom stereocenters. The summed E-state index contributed by atoms with van der Waals surface area (Å²) < 4.78 is 1.17. The molecule has 1 aromatic carbocycles. The Hall–Kier alpha value is -0.840. The fourth-order valence-electron chi connectivity index (χ4n) is 2.27. The van der Waals surface area contributed by atoms with Gasteiger partial charge in [0.2, 0.25) is 0 Å². The molecule has 0 aliphatic heterocycles. The highest BCUT2D eigenvalue weighted by Crippen LogP contribution is 2.28. The van der Waals surface area contributed by atoms with E-state index >= 15 is 0 Å². The van der Waals surface area contributed by atoms with E-state index in [1.54, 1.807) is 11.3 Å². The third-order valence-corrected chi connectivity index (χ3v) is 4.82.